The van der Waals surface area contributed by atoms with Crippen molar-refractivity contribution in [3.05, 3.63) is 30.3 Å². The van der Waals surface area contributed by atoms with Crippen molar-refractivity contribution in [2.45, 2.75) is 32.7 Å². The van der Waals surface area contributed by atoms with E-state index in [1.165, 1.54) is 9.58 Å². The topological polar surface area (TPSA) is 113 Å². The normalized spacial score (nSPS) is 11.8. The number of carboxylic acid groups (broad SMARTS) is 1. The number of nitrogens with zero attached hydrogens (tertiary/aromatic N) is 5. The first kappa shape index (κ1) is 18.4. The van der Waals surface area contributed by atoms with Crippen molar-refractivity contribution in [1.29, 1.82) is 0 Å². The molecule has 0 fully saturated rings. The van der Waals surface area contributed by atoms with E-state index in [0.717, 1.165) is 5.69 Å². The summed E-state index contributed by atoms with van der Waals surface area (Å²) in [5, 5.41) is 23.6. The van der Waals surface area contributed by atoms with Crippen molar-refractivity contribution < 1.29 is 14.7 Å². The zero-order valence-electron chi connectivity index (χ0n) is 14.3. The van der Waals surface area contributed by atoms with Crippen LogP contribution in [-0.4, -0.2) is 61.2 Å². The number of benzene rings is 1. The molecule has 0 saturated carbocycles. The van der Waals surface area contributed by atoms with Crippen LogP contribution in [0.5, 0.6) is 0 Å². The highest BCUT2D eigenvalue weighted by molar-refractivity contribution is 5.87. The number of aliphatic carboxylic acids is 1. The van der Waals surface area contributed by atoms with Gasteiger partial charge in [0.25, 0.3) is 0 Å². The van der Waals surface area contributed by atoms with Crippen LogP contribution in [0, 0.1) is 0 Å². The molecule has 1 atom stereocenters. The Labute approximate surface area is 145 Å². The van der Waals surface area contributed by atoms with Crippen LogP contribution in [0.4, 0.5) is 5.95 Å². The predicted molar refractivity (Wildman–Crippen MR) is 91.4 cm³/mol. The summed E-state index contributed by atoms with van der Waals surface area (Å²) in [4.78, 5) is 25.0. The maximum atomic E-state index is 12.7. The van der Waals surface area contributed by atoms with Gasteiger partial charge < -0.3 is 15.3 Å². The monoisotopic (exact) mass is 346 g/mol. The van der Waals surface area contributed by atoms with E-state index < -0.39 is 12.0 Å². The Morgan fingerprint density at radius 1 is 1.28 bits per heavy atom. The maximum Gasteiger partial charge on any atom is 0.323 e. The molecule has 2 N–H and O–H groups in total. The first-order chi connectivity index (χ1) is 12.1. The molecule has 1 unspecified atom stereocenters. The summed E-state index contributed by atoms with van der Waals surface area (Å²) in [5.74, 6) is -0.988. The minimum atomic E-state index is -1.04. The van der Waals surface area contributed by atoms with E-state index >= 15 is 0 Å². The van der Waals surface area contributed by atoms with Gasteiger partial charge in [-0.05, 0) is 35.4 Å². The molecule has 9 heteroatoms. The molecule has 2 rings (SSSR count). The van der Waals surface area contributed by atoms with Gasteiger partial charge in [0.15, 0.2) is 0 Å². The first-order valence-electron chi connectivity index (χ1n) is 8.17. The van der Waals surface area contributed by atoms with Gasteiger partial charge in [0.2, 0.25) is 11.9 Å². The Hall–Kier alpha value is -2.97. The van der Waals surface area contributed by atoms with Gasteiger partial charge in [-0.25, -0.2) is 0 Å². The second kappa shape index (κ2) is 8.76. The van der Waals surface area contributed by atoms with Crippen LogP contribution in [0.2, 0.25) is 0 Å². The number of hydrogen-bond acceptors (Lipinski definition) is 6. The number of para-hydroxylation sites is 1. The molecule has 1 aromatic heterocycles. The lowest BCUT2D eigenvalue weighted by Crippen LogP contribution is -2.45. The van der Waals surface area contributed by atoms with Crippen LogP contribution in [-0.2, 0) is 9.59 Å². The van der Waals surface area contributed by atoms with Gasteiger partial charge in [0, 0.05) is 6.54 Å². The number of carbonyl (C=O) groups excluding carboxylic acids is 1. The van der Waals surface area contributed by atoms with Gasteiger partial charge in [-0.2, -0.15) is 4.68 Å². The van der Waals surface area contributed by atoms with E-state index in [1.54, 1.807) is 0 Å². The fraction of sp³-hybridized carbons (Fsp3) is 0.438. The predicted octanol–water partition coefficient (Wildman–Crippen LogP) is 1.18. The Bertz CT molecular complexity index is 703. The van der Waals surface area contributed by atoms with Crippen LogP contribution in [0.15, 0.2) is 30.3 Å². The van der Waals surface area contributed by atoms with Gasteiger partial charge in [0.1, 0.15) is 12.6 Å². The highest BCUT2D eigenvalue weighted by Gasteiger charge is 2.25. The average Bonchev–Trinajstić information content (AvgIpc) is 3.07. The standard InChI is InChI=1S/C16H22N6O3/c1-3-10-21(11-14(23)24)15(25)13(4-2)17-16-18-19-20-22(16)12-8-6-5-7-9-12/h5-9,13H,3-4,10-11H2,1-2H3,(H,23,24)(H,17,18,20). The number of rotatable bonds is 9. The molecule has 2 aromatic rings. The van der Waals surface area contributed by atoms with Gasteiger partial charge in [-0.3, -0.25) is 9.59 Å². The van der Waals surface area contributed by atoms with Crippen molar-refractivity contribution in [2.24, 2.45) is 0 Å². The maximum absolute atomic E-state index is 12.7. The molecule has 134 valence electrons. The van der Waals surface area contributed by atoms with E-state index in [0.29, 0.717) is 25.3 Å². The molecule has 1 amide bonds. The lowest BCUT2D eigenvalue weighted by atomic mass is 10.2. The number of nitrogens with one attached hydrogen (secondary N) is 1. The largest absolute Gasteiger partial charge is 0.480 e. The number of hydrogen-bond donors (Lipinski definition) is 2. The van der Waals surface area contributed by atoms with Crippen molar-refractivity contribution in [1.82, 2.24) is 25.1 Å². The fourth-order valence-electron chi connectivity index (χ4n) is 2.44. The molecule has 0 saturated heterocycles. The Balaban J connectivity index is 2.18. The smallest absolute Gasteiger partial charge is 0.323 e. The summed E-state index contributed by atoms with van der Waals surface area (Å²) in [5.41, 5.74) is 0.758. The highest BCUT2D eigenvalue weighted by atomic mass is 16.4. The second-order valence-electron chi connectivity index (χ2n) is 5.51. The van der Waals surface area contributed by atoms with Gasteiger partial charge in [-0.1, -0.05) is 37.1 Å². The number of aromatic nitrogens is 4. The number of anilines is 1. The lowest BCUT2D eigenvalue weighted by Gasteiger charge is -2.25. The number of tetrazole rings is 1. The second-order valence-corrected chi connectivity index (χ2v) is 5.51. The molecule has 1 aromatic carbocycles. The molecule has 0 radical (unpaired) electrons. The summed E-state index contributed by atoms with van der Waals surface area (Å²) < 4.78 is 1.50. The van der Waals surface area contributed by atoms with E-state index in [9.17, 15) is 9.59 Å². The molecular formula is C16H22N6O3. The van der Waals surface area contributed by atoms with E-state index in [1.807, 2.05) is 44.2 Å². The average molecular weight is 346 g/mol. The minimum absolute atomic E-state index is 0.283. The molecule has 25 heavy (non-hydrogen) atoms. The Morgan fingerprint density at radius 3 is 2.60 bits per heavy atom. The number of amides is 1. The fourth-order valence-corrected chi connectivity index (χ4v) is 2.44. The molecule has 0 bridgehead atoms. The molecule has 0 aliphatic carbocycles. The Morgan fingerprint density at radius 2 is 2.00 bits per heavy atom. The lowest BCUT2D eigenvalue weighted by molar-refractivity contribution is -0.144. The minimum Gasteiger partial charge on any atom is -0.480 e. The van der Waals surface area contributed by atoms with Crippen LogP contribution >= 0.6 is 0 Å². The summed E-state index contributed by atoms with van der Waals surface area (Å²) in [6.07, 6.45) is 1.15. The molecule has 0 aliphatic heterocycles. The van der Waals surface area contributed by atoms with Crippen LogP contribution in [0.25, 0.3) is 5.69 Å². The third-order valence-electron chi connectivity index (χ3n) is 3.61. The van der Waals surface area contributed by atoms with Gasteiger partial charge in [0.05, 0.1) is 5.69 Å². The summed E-state index contributed by atoms with van der Waals surface area (Å²) in [7, 11) is 0. The zero-order valence-corrected chi connectivity index (χ0v) is 14.3. The first-order valence-corrected chi connectivity index (χ1v) is 8.17. The SMILES string of the molecule is CCCN(CC(=O)O)C(=O)C(CC)Nc1nnnn1-c1ccccc1. The molecule has 0 aliphatic rings. The molecule has 1 heterocycles. The molecule has 9 nitrogen and oxygen atoms in total. The van der Waals surface area contributed by atoms with Crippen molar-refractivity contribution >= 4 is 17.8 Å². The van der Waals surface area contributed by atoms with E-state index in [2.05, 4.69) is 20.8 Å². The summed E-state index contributed by atoms with van der Waals surface area (Å²) in [6, 6.07) is 8.68. The zero-order chi connectivity index (χ0) is 18.2. The van der Waals surface area contributed by atoms with Gasteiger partial charge in [-0.15, -0.1) is 0 Å². The third-order valence-corrected chi connectivity index (χ3v) is 3.61. The van der Waals surface area contributed by atoms with Crippen LogP contribution in [0.1, 0.15) is 26.7 Å². The quantitative estimate of drug-likeness (QED) is 0.701. The molecule has 0 spiro atoms. The number of carboxylic acids is 1. The Kier molecular flexibility index (Phi) is 6.44. The van der Waals surface area contributed by atoms with Crippen molar-refractivity contribution in [3.8, 4) is 5.69 Å². The van der Waals surface area contributed by atoms with Crippen molar-refractivity contribution in [3.63, 3.8) is 0 Å². The molecular weight excluding hydrogens is 324 g/mol. The highest BCUT2D eigenvalue weighted by Crippen LogP contribution is 2.13. The van der Waals surface area contributed by atoms with Crippen molar-refractivity contribution in [2.75, 3.05) is 18.4 Å². The number of carbonyl (C=O) groups is 2. The third kappa shape index (κ3) is 4.75. The van der Waals surface area contributed by atoms with Gasteiger partial charge >= 0.3 is 5.97 Å². The van der Waals surface area contributed by atoms with Crippen LogP contribution < -0.4 is 5.32 Å². The summed E-state index contributed by atoms with van der Waals surface area (Å²) in [6.45, 7) is 3.80. The van der Waals surface area contributed by atoms with E-state index in [-0.39, 0.29) is 12.5 Å². The summed E-state index contributed by atoms with van der Waals surface area (Å²) >= 11 is 0. The van der Waals surface area contributed by atoms with E-state index in [4.69, 9.17) is 5.11 Å². The van der Waals surface area contributed by atoms with Crippen LogP contribution in [0.3, 0.4) is 0 Å².